The maximum absolute atomic E-state index is 8.83. The molecule has 3 rings (SSSR count). The molecule has 1 aliphatic rings. The Labute approximate surface area is 163 Å². The van der Waals surface area contributed by atoms with Crippen LogP contribution in [0.15, 0.2) is 36.7 Å². The minimum Gasteiger partial charge on any atom is -0.235 e. The van der Waals surface area contributed by atoms with Gasteiger partial charge in [-0.05, 0) is 30.2 Å². The van der Waals surface area contributed by atoms with Gasteiger partial charge in [-0.1, -0.05) is 82.6 Å². The van der Waals surface area contributed by atoms with Crippen molar-refractivity contribution in [2.24, 2.45) is 11.8 Å². The molecule has 3 heteroatoms. The molecule has 0 N–H and O–H groups in total. The van der Waals surface area contributed by atoms with Crippen LogP contribution in [0, 0.1) is 23.2 Å². The number of aryl methyl sites for hydroxylation is 1. The SMILES string of the molecule is CCCCCC1CCC(CCc2ccc(-c3ncc(C#N)cn3)cc2)CC1. The molecule has 1 aromatic heterocycles. The zero-order valence-electron chi connectivity index (χ0n) is 16.5. The molecule has 0 saturated heterocycles. The first-order valence-electron chi connectivity index (χ1n) is 10.6. The van der Waals surface area contributed by atoms with Crippen LogP contribution < -0.4 is 0 Å². The molecule has 1 aliphatic carbocycles. The highest BCUT2D eigenvalue weighted by Crippen LogP contribution is 2.34. The van der Waals surface area contributed by atoms with E-state index >= 15 is 0 Å². The molecule has 142 valence electrons. The van der Waals surface area contributed by atoms with Gasteiger partial charge in [-0.25, -0.2) is 9.97 Å². The Morgan fingerprint density at radius 2 is 1.56 bits per heavy atom. The Morgan fingerprint density at radius 3 is 2.15 bits per heavy atom. The summed E-state index contributed by atoms with van der Waals surface area (Å²) in [5.74, 6) is 2.59. The van der Waals surface area contributed by atoms with Crippen LogP contribution in [0.3, 0.4) is 0 Å². The number of rotatable bonds is 8. The molecule has 0 bridgehead atoms. The smallest absolute Gasteiger partial charge is 0.159 e. The predicted molar refractivity (Wildman–Crippen MR) is 110 cm³/mol. The summed E-state index contributed by atoms with van der Waals surface area (Å²) < 4.78 is 0. The van der Waals surface area contributed by atoms with Crippen molar-refractivity contribution in [3.8, 4) is 17.5 Å². The quantitative estimate of drug-likeness (QED) is 0.516. The highest BCUT2D eigenvalue weighted by atomic mass is 14.9. The van der Waals surface area contributed by atoms with Crippen molar-refractivity contribution < 1.29 is 0 Å². The number of unbranched alkanes of at least 4 members (excludes halogenated alkanes) is 2. The van der Waals surface area contributed by atoms with Gasteiger partial charge in [0.15, 0.2) is 5.82 Å². The number of hydrogen-bond donors (Lipinski definition) is 0. The molecule has 0 unspecified atom stereocenters. The summed E-state index contributed by atoms with van der Waals surface area (Å²) in [7, 11) is 0. The van der Waals surface area contributed by atoms with Crippen LogP contribution in [-0.2, 0) is 6.42 Å². The molecular formula is C24H31N3. The minimum absolute atomic E-state index is 0.496. The van der Waals surface area contributed by atoms with Crippen molar-refractivity contribution >= 4 is 0 Å². The molecule has 0 radical (unpaired) electrons. The van der Waals surface area contributed by atoms with E-state index < -0.39 is 0 Å². The summed E-state index contributed by atoms with van der Waals surface area (Å²) >= 11 is 0. The van der Waals surface area contributed by atoms with Gasteiger partial charge in [0.2, 0.25) is 0 Å². The third-order valence-electron chi connectivity index (χ3n) is 6.02. The molecule has 27 heavy (non-hydrogen) atoms. The average molecular weight is 362 g/mol. The molecule has 1 fully saturated rings. The molecule has 3 nitrogen and oxygen atoms in total. The monoisotopic (exact) mass is 361 g/mol. The summed E-state index contributed by atoms with van der Waals surface area (Å²) in [5, 5.41) is 8.83. The van der Waals surface area contributed by atoms with E-state index in [1.807, 2.05) is 0 Å². The molecule has 2 aromatic rings. The zero-order valence-corrected chi connectivity index (χ0v) is 16.5. The van der Waals surface area contributed by atoms with Crippen LogP contribution in [0.25, 0.3) is 11.4 Å². The lowest BCUT2D eigenvalue weighted by molar-refractivity contribution is 0.249. The first-order valence-corrected chi connectivity index (χ1v) is 10.6. The van der Waals surface area contributed by atoms with E-state index in [1.165, 1.54) is 69.8 Å². The topological polar surface area (TPSA) is 49.6 Å². The summed E-state index contributed by atoms with van der Waals surface area (Å²) in [6.07, 6.45) is 17.0. The maximum Gasteiger partial charge on any atom is 0.159 e. The lowest BCUT2D eigenvalue weighted by Gasteiger charge is -2.28. The summed E-state index contributed by atoms with van der Waals surface area (Å²) in [5.41, 5.74) is 2.91. The fraction of sp³-hybridized carbons (Fsp3) is 0.542. The van der Waals surface area contributed by atoms with Crippen LogP contribution in [-0.4, -0.2) is 9.97 Å². The first-order chi connectivity index (χ1) is 13.3. The van der Waals surface area contributed by atoms with Gasteiger partial charge >= 0.3 is 0 Å². The van der Waals surface area contributed by atoms with Crippen molar-refractivity contribution in [1.82, 2.24) is 9.97 Å². The fourth-order valence-electron chi connectivity index (χ4n) is 4.22. The Morgan fingerprint density at radius 1 is 0.926 bits per heavy atom. The average Bonchev–Trinajstić information content (AvgIpc) is 2.74. The molecule has 1 aromatic carbocycles. The van der Waals surface area contributed by atoms with Gasteiger partial charge in [-0.3, -0.25) is 0 Å². The van der Waals surface area contributed by atoms with Gasteiger partial charge in [0, 0.05) is 18.0 Å². The van der Waals surface area contributed by atoms with Crippen molar-refractivity contribution in [2.45, 2.75) is 71.1 Å². The van der Waals surface area contributed by atoms with Crippen molar-refractivity contribution in [3.05, 3.63) is 47.8 Å². The van der Waals surface area contributed by atoms with E-state index in [2.05, 4.69) is 47.2 Å². The van der Waals surface area contributed by atoms with Crippen molar-refractivity contribution in [1.29, 1.82) is 5.26 Å². The molecule has 1 saturated carbocycles. The Bertz CT molecular complexity index is 720. The molecule has 0 amide bonds. The van der Waals surface area contributed by atoms with E-state index in [4.69, 9.17) is 5.26 Å². The number of benzene rings is 1. The second kappa shape index (κ2) is 10.2. The largest absolute Gasteiger partial charge is 0.235 e. The number of nitrogens with zero attached hydrogens (tertiary/aromatic N) is 3. The summed E-state index contributed by atoms with van der Waals surface area (Å²) in [4.78, 5) is 8.54. The molecule has 1 heterocycles. The van der Waals surface area contributed by atoms with Gasteiger partial charge < -0.3 is 0 Å². The lowest BCUT2D eigenvalue weighted by atomic mass is 9.78. The second-order valence-electron chi connectivity index (χ2n) is 8.03. The van der Waals surface area contributed by atoms with Gasteiger partial charge in [-0.2, -0.15) is 5.26 Å². The van der Waals surface area contributed by atoms with Crippen LogP contribution in [0.5, 0.6) is 0 Å². The van der Waals surface area contributed by atoms with Crippen LogP contribution in [0.2, 0.25) is 0 Å². The fourth-order valence-corrected chi connectivity index (χ4v) is 4.22. The van der Waals surface area contributed by atoms with E-state index in [9.17, 15) is 0 Å². The third-order valence-corrected chi connectivity index (χ3v) is 6.02. The highest BCUT2D eigenvalue weighted by Gasteiger charge is 2.20. The van der Waals surface area contributed by atoms with E-state index in [0.717, 1.165) is 17.4 Å². The number of aromatic nitrogens is 2. The van der Waals surface area contributed by atoms with E-state index in [-0.39, 0.29) is 0 Å². The van der Waals surface area contributed by atoms with Crippen molar-refractivity contribution in [3.63, 3.8) is 0 Å². The predicted octanol–water partition coefficient (Wildman–Crippen LogP) is 6.33. The Balaban J connectivity index is 1.43. The standard InChI is InChI=1S/C24H31N3/c1-2-3-4-5-19-6-8-20(9-7-19)10-11-21-12-14-23(15-13-21)24-26-17-22(16-25)18-27-24/h12-15,17-20H,2-11H2,1H3. The molecule has 0 spiro atoms. The highest BCUT2D eigenvalue weighted by molar-refractivity contribution is 5.55. The normalized spacial score (nSPS) is 19.6. The maximum atomic E-state index is 8.83. The van der Waals surface area contributed by atoms with Gasteiger partial charge in [-0.15, -0.1) is 0 Å². The number of hydrogen-bond acceptors (Lipinski definition) is 3. The van der Waals surface area contributed by atoms with E-state index in [0.29, 0.717) is 11.4 Å². The second-order valence-corrected chi connectivity index (χ2v) is 8.03. The zero-order chi connectivity index (χ0) is 18.9. The Hall–Kier alpha value is -2.21. The molecule has 0 aliphatic heterocycles. The van der Waals surface area contributed by atoms with Crippen LogP contribution in [0.1, 0.15) is 75.8 Å². The Kier molecular flexibility index (Phi) is 7.39. The van der Waals surface area contributed by atoms with E-state index in [1.54, 1.807) is 12.4 Å². The van der Waals surface area contributed by atoms with Gasteiger partial charge in [0.1, 0.15) is 6.07 Å². The van der Waals surface area contributed by atoms with Crippen molar-refractivity contribution in [2.75, 3.05) is 0 Å². The summed E-state index contributed by atoms with van der Waals surface area (Å²) in [6, 6.07) is 10.7. The lowest BCUT2D eigenvalue weighted by Crippen LogP contribution is -2.15. The first kappa shape index (κ1) is 19.5. The van der Waals surface area contributed by atoms with Crippen LogP contribution >= 0.6 is 0 Å². The van der Waals surface area contributed by atoms with Gasteiger partial charge in [0.05, 0.1) is 5.56 Å². The minimum atomic E-state index is 0.496. The third kappa shape index (κ3) is 5.89. The molecular weight excluding hydrogens is 330 g/mol. The number of nitriles is 1. The summed E-state index contributed by atoms with van der Waals surface area (Å²) in [6.45, 7) is 2.29. The van der Waals surface area contributed by atoms with Gasteiger partial charge in [0.25, 0.3) is 0 Å². The van der Waals surface area contributed by atoms with Crippen LogP contribution in [0.4, 0.5) is 0 Å². The molecule has 0 atom stereocenters.